The fraction of sp³-hybridized carbons (Fsp3) is 0.429. The standard InChI is InChI=1S/C14H18F3NS/c1-3-4-7-11(2)18-12-8-5-6-9-13(12)19-10-14(15,16)17/h3,5-6,8-9,11,18H,1,4,7,10H2,2H3. The van der Waals surface area contributed by atoms with E-state index in [1.807, 2.05) is 25.1 Å². The Labute approximate surface area is 116 Å². The van der Waals surface area contributed by atoms with E-state index < -0.39 is 11.9 Å². The molecular formula is C14H18F3NS. The van der Waals surface area contributed by atoms with Crippen LogP contribution in [0.15, 0.2) is 41.8 Å². The molecule has 0 heterocycles. The van der Waals surface area contributed by atoms with Crippen molar-refractivity contribution in [3.8, 4) is 0 Å². The van der Waals surface area contributed by atoms with E-state index in [1.54, 1.807) is 12.1 Å². The quantitative estimate of drug-likeness (QED) is 0.553. The first-order valence-corrected chi connectivity index (χ1v) is 7.07. The number of hydrogen-bond acceptors (Lipinski definition) is 2. The molecule has 0 bridgehead atoms. The number of nitrogens with one attached hydrogen (secondary N) is 1. The van der Waals surface area contributed by atoms with Gasteiger partial charge in [0.1, 0.15) is 0 Å². The number of thioether (sulfide) groups is 1. The molecule has 0 aliphatic rings. The zero-order valence-corrected chi connectivity index (χ0v) is 11.7. The number of alkyl halides is 3. The first kappa shape index (κ1) is 16.0. The fourth-order valence-electron chi connectivity index (χ4n) is 1.58. The summed E-state index contributed by atoms with van der Waals surface area (Å²) in [5.41, 5.74) is 0.758. The van der Waals surface area contributed by atoms with Gasteiger partial charge < -0.3 is 5.32 Å². The van der Waals surface area contributed by atoms with Crippen LogP contribution >= 0.6 is 11.8 Å². The van der Waals surface area contributed by atoms with Gasteiger partial charge in [-0.15, -0.1) is 18.3 Å². The van der Waals surface area contributed by atoms with Crippen molar-refractivity contribution in [2.24, 2.45) is 0 Å². The van der Waals surface area contributed by atoms with Gasteiger partial charge in [-0.3, -0.25) is 0 Å². The molecule has 1 N–H and O–H groups in total. The highest BCUT2D eigenvalue weighted by molar-refractivity contribution is 7.99. The van der Waals surface area contributed by atoms with Gasteiger partial charge >= 0.3 is 6.18 Å². The molecular weight excluding hydrogens is 271 g/mol. The van der Waals surface area contributed by atoms with Gasteiger partial charge in [0.2, 0.25) is 0 Å². The molecule has 0 amide bonds. The molecule has 0 aromatic heterocycles. The van der Waals surface area contributed by atoms with Gasteiger partial charge in [-0.2, -0.15) is 13.2 Å². The van der Waals surface area contributed by atoms with Gasteiger partial charge in [0, 0.05) is 16.6 Å². The Hall–Kier alpha value is -1.10. The number of para-hydroxylation sites is 1. The number of hydrogen-bond donors (Lipinski definition) is 1. The molecule has 19 heavy (non-hydrogen) atoms. The zero-order valence-electron chi connectivity index (χ0n) is 10.8. The summed E-state index contributed by atoms with van der Waals surface area (Å²) >= 11 is 0.812. The number of rotatable bonds is 7. The van der Waals surface area contributed by atoms with E-state index in [4.69, 9.17) is 0 Å². The first-order chi connectivity index (χ1) is 8.92. The maximum atomic E-state index is 12.2. The van der Waals surface area contributed by atoms with Crippen molar-refractivity contribution in [2.75, 3.05) is 11.1 Å². The largest absolute Gasteiger partial charge is 0.398 e. The van der Waals surface area contributed by atoms with Crippen molar-refractivity contribution < 1.29 is 13.2 Å². The van der Waals surface area contributed by atoms with Crippen LogP contribution in [0, 0.1) is 0 Å². The fourth-order valence-corrected chi connectivity index (χ4v) is 2.35. The van der Waals surface area contributed by atoms with Crippen LogP contribution in [0.4, 0.5) is 18.9 Å². The monoisotopic (exact) mass is 289 g/mol. The summed E-state index contributed by atoms with van der Waals surface area (Å²) in [6.45, 7) is 5.67. The average Bonchev–Trinajstić information content (AvgIpc) is 2.34. The zero-order chi connectivity index (χ0) is 14.3. The summed E-state index contributed by atoms with van der Waals surface area (Å²) in [4.78, 5) is 0.630. The third-order valence-electron chi connectivity index (χ3n) is 2.48. The number of anilines is 1. The minimum atomic E-state index is -4.15. The van der Waals surface area contributed by atoms with Crippen molar-refractivity contribution in [1.29, 1.82) is 0 Å². The smallest absolute Gasteiger partial charge is 0.382 e. The predicted octanol–water partition coefficient (Wildman–Crippen LogP) is 5.11. The first-order valence-electron chi connectivity index (χ1n) is 6.08. The van der Waals surface area contributed by atoms with E-state index in [0.29, 0.717) is 4.90 Å². The van der Waals surface area contributed by atoms with E-state index in [1.165, 1.54) is 0 Å². The molecule has 1 aromatic rings. The van der Waals surface area contributed by atoms with E-state index in [0.717, 1.165) is 30.3 Å². The van der Waals surface area contributed by atoms with Crippen molar-refractivity contribution in [1.82, 2.24) is 0 Å². The van der Waals surface area contributed by atoms with Crippen LogP contribution in [0.1, 0.15) is 19.8 Å². The van der Waals surface area contributed by atoms with Crippen LogP contribution in [-0.4, -0.2) is 18.0 Å². The molecule has 0 radical (unpaired) electrons. The Bertz CT molecular complexity index is 404. The maximum absolute atomic E-state index is 12.2. The lowest BCUT2D eigenvalue weighted by molar-refractivity contribution is -0.105. The summed E-state index contributed by atoms with van der Waals surface area (Å²) in [6.07, 6.45) is -0.525. The van der Waals surface area contributed by atoms with Crippen LogP contribution in [-0.2, 0) is 0 Å². The lowest BCUT2D eigenvalue weighted by Crippen LogP contribution is -2.15. The van der Waals surface area contributed by atoms with E-state index in [2.05, 4.69) is 11.9 Å². The number of allylic oxidation sites excluding steroid dienone is 1. The Kier molecular flexibility index (Phi) is 6.28. The Morgan fingerprint density at radius 3 is 2.68 bits per heavy atom. The van der Waals surface area contributed by atoms with Gasteiger partial charge in [-0.1, -0.05) is 18.2 Å². The lowest BCUT2D eigenvalue weighted by Gasteiger charge is -2.17. The molecule has 1 unspecified atom stereocenters. The third-order valence-corrected chi connectivity index (χ3v) is 3.62. The SMILES string of the molecule is C=CCCC(C)Nc1ccccc1SCC(F)(F)F. The van der Waals surface area contributed by atoms with E-state index in [9.17, 15) is 13.2 Å². The summed E-state index contributed by atoms with van der Waals surface area (Å²) in [5, 5.41) is 3.25. The average molecular weight is 289 g/mol. The van der Waals surface area contributed by atoms with E-state index >= 15 is 0 Å². The van der Waals surface area contributed by atoms with E-state index in [-0.39, 0.29) is 6.04 Å². The highest BCUT2D eigenvalue weighted by Crippen LogP contribution is 2.32. The summed E-state index contributed by atoms with van der Waals surface area (Å²) in [5.74, 6) is -0.868. The summed E-state index contributed by atoms with van der Waals surface area (Å²) in [6, 6.07) is 7.28. The molecule has 5 heteroatoms. The molecule has 1 rings (SSSR count). The van der Waals surface area contributed by atoms with Gasteiger partial charge in [0.05, 0.1) is 5.75 Å². The van der Waals surface area contributed by atoms with Crippen molar-refractivity contribution in [3.05, 3.63) is 36.9 Å². The molecule has 0 aliphatic heterocycles. The third kappa shape index (κ3) is 6.57. The van der Waals surface area contributed by atoms with Gasteiger partial charge in [0.25, 0.3) is 0 Å². The van der Waals surface area contributed by atoms with Crippen LogP contribution in [0.5, 0.6) is 0 Å². The maximum Gasteiger partial charge on any atom is 0.398 e. The second-order valence-corrected chi connectivity index (χ2v) is 5.33. The van der Waals surface area contributed by atoms with Gasteiger partial charge in [-0.25, -0.2) is 0 Å². The minimum Gasteiger partial charge on any atom is -0.382 e. The van der Waals surface area contributed by atoms with Crippen LogP contribution in [0.25, 0.3) is 0 Å². The van der Waals surface area contributed by atoms with Crippen molar-refractivity contribution in [2.45, 2.75) is 36.9 Å². The number of halogens is 3. The molecule has 0 aliphatic carbocycles. The Morgan fingerprint density at radius 1 is 1.37 bits per heavy atom. The highest BCUT2D eigenvalue weighted by Gasteiger charge is 2.27. The van der Waals surface area contributed by atoms with Crippen molar-refractivity contribution >= 4 is 17.4 Å². The van der Waals surface area contributed by atoms with Crippen LogP contribution in [0.2, 0.25) is 0 Å². The summed E-state index contributed by atoms with van der Waals surface area (Å²) in [7, 11) is 0. The molecule has 0 saturated heterocycles. The Morgan fingerprint density at radius 2 is 2.05 bits per heavy atom. The minimum absolute atomic E-state index is 0.200. The van der Waals surface area contributed by atoms with Crippen LogP contribution in [0.3, 0.4) is 0 Å². The van der Waals surface area contributed by atoms with Gasteiger partial charge in [0.15, 0.2) is 0 Å². The summed E-state index contributed by atoms with van der Waals surface area (Å²) < 4.78 is 36.7. The molecule has 0 spiro atoms. The number of benzene rings is 1. The lowest BCUT2D eigenvalue weighted by atomic mass is 10.1. The molecule has 0 saturated carbocycles. The predicted molar refractivity (Wildman–Crippen MR) is 75.7 cm³/mol. The van der Waals surface area contributed by atoms with Crippen LogP contribution < -0.4 is 5.32 Å². The molecule has 1 nitrogen and oxygen atoms in total. The second-order valence-electron chi connectivity index (χ2n) is 4.31. The highest BCUT2D eigenvalue weighted by atomic mass is 32.2. The molecule has 1 atom stereocenters. The molecule has 1 aromatic carbocycles. The van der Waals surface area contributed by atoms with Crippen molar-refractivity contribution in [3.63, 3.8) is 0 Å². The molecule has 106 valence electrons. The normalized spacial score (nSPS) is 13.1. The second kappa shape index (κ2) is 7.48. The molecule has 0 fully saturated rings. The Balaban J connectivity index is 2.64. The topological polar surface area (TPSA) is 12.0 Å². The van der Waals surface area contributed by atoms with Gasteiger partial charge in [-0.05, 0) is 31.9 Å².